The third-order valence-corrected chi connectivity index (χ3v) is 4.04. The van der Waals surface area contributed by atoms with Gasteiger partial charge in [-0.15, -0.1) is 0 Å². The van der Waals surface area contributed by atoms with E-state index in [0.29, 0.717) is 29.6 Å². The maximum Gasteiger partial charge on any atom is 0.225 e. The van der Waals surface area contributed by atoms with Crippen LogP contribution >= 0.6 is 0 Å². The molecule has 1 fully saturated rings. The lowest BCUT2D eigenvalue weighted by atomic mass is 9.87. The number of ketones is 1. The van der Waals surface area contributed by atoms with Crippen LogP contribution in [0.25, 0.3) is 0 Å². The highest BCUT2D eigenvalue weighted by molar-refractivity contribution is 5.85. The van der Waals surface area contributed by atoms with Gasteiger partial charge in [0.1, 0.15) is 5.78 Å². The Hall–Kier alpha value is -0.860. The van der Waals surface area contributed by atoms with Crippen molar-refractivity contribution in [3.63, 3.8) is 0 Å². The molecule has 0 aliphatic carbocycles. The van der Waals surface area contributed by atoms with E-state index in [1.165, 1.54) is 0 Å². The number of carbonyl (C=O) groups is 2. The maximum atomic E-state index is 11.0. The molecule has 3 nitrogen and oxygen atoms in total. The Morgan fingerprint density at radius 3 is 1.94 bits per heavy atom. The standard InChI is InChI=1S/C9H18O.C6H11NO/c1-5-7(3)9(6-2)8(4)10;1-3-5-4(2)7-6(5)8/h7,9H,5-6H2,1-4H3;4-5H,3H2,1-2H3,(H,7,8)/t7?,9-;4?,5-/m00/s1. The van der Waals surface area contributed by atoms with Crippen LogP contribution in [0.4, 0.5) is 0 Å². The number of Topliss-reactive ketones (excluding diaryl/α,β-unsaturated/α-hetero) is 1. The Kier molecular flexibility index (Phi) is 7.88. The molecule has 1 heterocycles. The van der Waals surface area contributed by atoms with Gasteiger partial charge in [0.2, 0.25) is 5.91 Å². The minimum absolute atomic E-state index is 0.222. The summed E-state index contributed by atoms with van der Waals surface area (Å²) in [4.78, 5) is 21.5. The van der Waals surface area contributed by atoms with E-state index in [-0.39, 0.29) is 5.91 Å². The van der Waals surface area contributed by atoms with Crippen molar-refractivity contribution in [2.45, 2.75) is 66.8 Å². The van der Waals surface area contributed by atoms with Gasteiger partial charge in [-0.1, -0.05) is 34.1 Å². The molecule has 0 radical (unpaired) electrons. The number of amides is 1. The van der Waals surface area contributed by atoms with Gasteiger partial charge in [0, 0.05) is 12.0 Å². The van der Waals surface area contributed by atoms with E-state index in [9.17, 15) is 9.59 Å². The van der Waals surface area contributed by atoms with E-state index in [1.54, 1.807) is 6.92 Å². The first kappa shape index (κ1) is 17.1. The van der Waals surface area contributed by atoms with Crippen LogP contribution in [0.5, 0.6) is 0 Å². The van der Waals surface area contributed by atoms with Gasteiger partial charge >= 0.3 is 0 Å². The summed E-state index contributed by atoms with van der Waals surface area (Å²) in [7, 11) is 0. The predicted molar refractivity (Wildman–Crippen MR) is 75.3 cm³/mol. The second kappa shape index (κ2) is 8.28. The molecule has 0 aromatic carbocycles. The summed E-state index contributed by atoms with van der Waals surface area (Å²) >= 11 is 0. The van der Waals surface area contributed by atoms with Crippen molar-refractivity contribution < 1.29 is 9.59 Å². The Labute approximate surface area is 112 Å². The molecule has 18 heavy (non-hydrogen) atoms. The lowest BCUT2D eigenvalue weighted by Crippen LogP contribution is -2.55. The molecule has 0 saturated carbocycles. The first-order valence-electron chi connectivity index (χ1n) is 7.19. The van der Waals surface area contributed by atoms with E-state index in [2.05, 4.69) is 26.1 Å². The average Bonchev–Trinajstić information content (AvgIpc) is 2.30. The zero-order valence-corrected chi connectivity index (χ0v) is 12.7. The first-order chi connectivity index (χ1) is 8.38. The summed E-state index contributed by atoms with van der Waals surface area (Å²) in [6.45, 7) is 12.1. The van der Waals surface area contributed by atoms with Gasteiger partial charge in [-0.2, -0.15) is 0 Å². The summed E-state index contributed by atoms with van der Waals surface area (Å²) in [6.07, 6.45) is 3.08. The van der Waals surface area contributed by atoms with Crippen LogP contribution in [0.15, 0.2) is 0 Å². The zero-order chi connectivity index (χ0) is 14.3. The molecule has 106 valence electrons. The topological polar surface area (TPSA) is 46.2 Å². The van der Waals surface area contributed by atoms with E-state index >= 15 is 0 Å². The van der Waals surface area contributed by atoms with Gasteiger partial charge in [-0.3, -0.25) is 9.59 Å². The fraction of sp³-hybridized carbons (Fsp3) is 0.867. The predicted octanol–water partition coefficient (Wildman–Crippen LogP) is 3.18. The second-order valence-corrected chi connectivity index (χ2v) is 5.32. The SMILES string of the molecule is CCC(C)[C@H](CC)C(C)=O.CC[C@@H]1C(=O)NC1C. The Bertz CT molecular complexity index is 276. The molecule has 1 N–H and O–H groups in total. The summed E-state index contributed by atoms with van der Waals surface area (Å²) in [5.41, 5.74) is 0. The Morgan fingerprint density at radius 1 is 1.28 bits per heavy atom. The highest BCUT2D eigenvalue weighted by Crippen LogP contribution is 2.19. The maximum absolute atomic E-state index is 11.0. The van der Waals surface area contributed by atoms with Crippen molar-refractivity contribution in [1.29, 1.82) is 0 Å². The molecule has 0 bridgehead atoms. The number of carbonyl (C=O) groups excluding carboxylic acids is 2. The van der Waals surface area contributed by atoms with Gasteiger partial charge in [-0.05, 0) is 32.6 Å². The molecule has 1 saturated heterocycles. The molecule has 1 aliphatic rings. The molecular formula is C15H29NO2. The van der Waals surface area contributed by atoms with Crippen LogP contribution in [0, 0.1) is 17.8 Å². The smallest absolute Gasteiger partial charge is 0.225 e. The molecule has 0 spiro atoms. The van der Waals surface area contributed by atoms with E-state index in [0.717, 1.165) is 19.3 Å². The van der Waals surface area contributed by atoms with Crippen molar-refractivity contribution in [1.82, 2.24) is 5.32 Å². The molecule has 3 heteroatoms. The van der Waals surface area contributed by atoms with E-state index in [4.69, 9.17) is 0 Å². The van der Waals surface area contributed by atoms with Gasteiger partial charge in [0.15, 0.2) is 0 Å². The molecule has 2 unspecified atom stereocenters. The van der Waals surface area contributed by atoms with E-state index < -0.39 is 0 Å². The fourth-order valence-corrected chi connectivity index (χ4v) is 2.48. The molecule has 1 amide bonds. The average molecular weight is 255 g/mol. The van der Waals surface area contributed by atoms with Gasteiger partial charge < -0.3 is 5.32 Å². The molecule has 0 aromatic rings. The summed E-state index contributed by atoms with van der Waals surface area (Å²) in [5, 5.41) is 2.77. The molecule has 1 rings (SSSR count). The number of hydrogen-bond donors (Lipinski definition) is 1. The third kappa shape index (κ3) is 4.79. The minimum atomic E-state index is 0.222. The fourth-order valence-electron chi connectivity index (χ4n) is 2.48. The van der Waals surface area contributed by atoms with Crippen LogP contribution < -0.4 is 5.32 Å². The van der Waals surface area contributed by atoms with E-state index in [1.807, 2.05) is 13.8 Å². The van der Waals surface area contributed by atoms with Crippen molar-refractivity contribution in [2.24, 2.45) is 17.8 Å². The van der Waals surface area contributed by atoms with Crippen LogP contribution in [-0.2, 0) is 9.59 Å². The molecule has 1 aliphatic heterocycles. The van der Waals surface area contributed by atoms with Gasteiger partial charge in [0.25, 0.3) is 0 Å². The normalized spacial score (nSPS) is 25.1. The first-order valence-corrected chi connectivity index (χ1v) is 7.19. The molecule has 4 atom stereocenters. The van der Waals surface area contributed by atoms with Crippen molar-refractivity contribution in [2.75, 3.05) is 0 Å². The number of β-lactam (4-membered cyclic amide) rings is 1. The summed E-state index contributed by atoms with van der Waals surface area (Å²) in [6, 6.07) is 0.424. The number of nitrogens with one attached hydrogen (secondary N) is 1. The van der Waals surface area contributed by atoms with Gasteiger partial charge in [0.05, 0.1) is 5.92 Å². The van der Waals surface area contributed by atoms with Crippen LogP contribution in [0.3, 0.4) is 0 Å². The van der Waals surface area contributed by atoms with Crippen molar-refractivity contribution in [3.05, 3.63) is 0 Å². The lowest BCUT2D eigenvalue weighted by molar-refractivity contribution is -0.134. The van der Waals surface area contributed by atoms with Crippen LogP contribution in [0.2, 0.25) is 0 Å². The second-order valence-electron chi connectivity index (χ2n) is 5.32. The lowest BCUT2D eigenvalue weighted by Gasteiger charge is -2.33. The van der Waals surface area contributed by atoms with Crippen molar-refractivity contribution in [3.8, 4) is 0 Å². The Balaban J connectivity index is 0.000000327. The number of rotatable bonds is 5. The highest BCUT2D eigenvalue weighted by atomic mass is 16.2. The Morgan fingerprint density at radius 2 is 1.83 bits per heavy atom. The van der Waals surface area contributed by atoms with Gasteiger partial charge in [-0.25, -0.2) is 0 Å². The van der Waals surface area contributed by atoms with Crippen LogP contribution in [0.1, 0.15) is 60.8 Å². The monoisotopic (exact) mass is 255 g/mol. The summed E-state index contributed by atoms with van der Waals surface area (Å²) < 4.78 is 0. The summed E-state index contributed by atoms with van der Waals surface area (Å²) in [5.74, 6) is 1.72. The van der Waals surface area contributed by atoms with Crippen molar-refractivity contribution >= 4 is 11.7 Å². The number of hydrogen-bond acceptors (Lipinski definition) is 2. The quantitative estimate of drug-likeness (QED) is 0.767. The molecule has 0 aromatic heterocycles. The van der Waals surface area contributed by atoms with Crippen LogP contribution in [-0.4, -0.2) is 17.7 Å². The largest absolute Gasteiger partial charge is 0.353 e. The zero-order valence-electron chi connectivity index (χ0n) is 12.7. The highest BCUT2D eigenvalue weighted by Gasteiger charge is 2.33. The molecular weight excluding hydrogens is 226 g/mol. The minimum Gasteiger partial charge on any atom is -0.353 e. The third-order valence-electron chi connectivity index (χ3n) is 4.04.